The topological polar surface area (TPSA) is 12.9 Å². The van der Waals surface area contributed by atoms with Crippen molar-refractivity contribution in [3.8, 4) is 0 Å². The van der Waals surface area contributed by atoms with Crippen LogP contribution in [0.15, 0.2) is 6.07 Å². The van der Waals surface area contributed by atoms with Gasteiger partial charge in [-0.2, -0.15) is 0 Å². The van der Waals surface area contributed by atoms with Crippen molar-refractivity contribution in [2.24, 2.45) is 0 Å². The molecule has 0 spiro atoms. The minimum atomic E-state index is 0.576. The van der Waals surface area contributed by atoms with Crippen molar-refractivity contribution >= 4 is 21.6 Å². The molecule has 0 atom stereocenters. The number of hydrogen-bond acceptors (Lipinski definition) is 2. The Morgan fingerprint density at radius 1 is 1.20 bits per heavy atom. The third-order valence-corrected chi connectivity index (χ3v) is 4.14. The van der Waals surface area contributed by atoms with Crippen molar-refractivity contribution in [2.45, 2.75) is 40.5 Å². The fourth-order valence-corrected chi connectivity index (χ4v) is 3.14. The largest absolute Gasteiger partial charge is 0.252 e. The third-order valence-electron chi connectivity index (χ3n) is 2.89. The quantitative estimate of drug-likeness (QED) is 0.695. The van der Waals surface area contributed by atoms with Crippen LogP contribution < -0.4 is 0 Å². The Morgan fingerprint density at radius 3 is 2.47 bits per heavy atom. The van der Waals surface area contributed by atoms with Gasteiger partial charge in [-0.1, -0.05) is 13.8 Å². The maximum absolute atomic E-state index is 4.65. The number of pyridine rings is 1. The molecule has 0 aliphatic carbocycles. The first kappa shape index (κ1) is 10.6. The van der Waals surface area contributed by atoms with E-state index in [1.54, 1.807) is 0 Å². The molecule has 1 nitrogen and oxygen atoms in total. The first-order valence-electron chi connectivity index (χ1n) is 5.38. The van der Waals surface area contributed by atoms with Crippen LogP contribution in [0.2, 0.25) is 0 Å². The van der Waals surface area contributed by atoms with E-state index < -0.39 is 0 Å². The zero-order valence-corrected chi connectivity index (χ0v) is 10.8. The molecular weight excluding hydrogens is 202 g/mol. The first-order valence-corrected chi connectivity index (χ1v) is 6.19. The lowest BCUT2D eigenvalue weighted by atomic mass is 10.0. The van der Waals surface area contributed by atoms with Crippen LogP contribution in [0.4, 0.5) is 0 Å². The van der Waals surface area contributed by atoms with Crippen molar-refractivity contribution in [1.29, 1.82) is 0 Å². The smallest absolute Gasteiger partial charge is 0.0847 e. The maximum atomic E-state index is 4.65. The van der Waals surface area contributed by atoms with Gasteiger partial charge in [0.25, 0.3) is 0 Å². The van der Waals surface area contributed by atoms with Gasteiger partial charge in [0.1, 0.15) is 0 Å². The molecule has 0 aliphatic heterocycles. The van der Waals surface area contributed by atoms with E-state index in [0.717, 1.165) is 5.69 Å². The fourth-order valence-electron chi connectivity index (χ4n) is 1.87. The number of aryl methyl sites for hydroxylation is 3. The zero-order valence-electron chi connectivity index (χ0n) is 10.0. The van der Waals surface area contributed by atoms with Gasteiger partial charge in [0, 0.05) is 10.6 Å². The molecule has 2 aromatic rings. The first-order chi connectivity index (χ1) is 7.00. The van der Waals surface area contributed by atoms with Crippen molar-refractivity contribution < 1.29 is 0 Å². The Balaban J connectivity index is 2.86. The van der Waals surface area contributed by atoms with Crippen LogP contribution in [-0.2, 0) is 0 Å². The highest BCUT2D eigenvalue weighted by Gasteiger charge is 2.13. The summed E-state index contributed by atoms with van der Waals surface area (Å²) in [6.45, 7) is 10.9. The molecule has 0 aliphatic rings. The van der Waals surface area contributed by atoms with Crippen molar-refractivity contribution in [3.05, 3.63) is 27.8 Å². The molecule has 0 radical (unpaired) electrons. The van der Waals surface area contributed by atoms with E-state index in [1.165, 1.54) is 26.2 Å². The normalized spacial score (nSPS) is 11.6. The summed E-state index contributed by atoms with van der Waals surface area (Å²) in [4.78, 5) is 6.04. The molecule has 0 bridgehead atoms. The molecule has 0 aromatic carbocycles. The molecule has 0 amide bonds. The predicted octanol–water partition coefficient (Wildman–Crippen LogP) is 4.34. The summed E-state index contributed by atoms with van der Waals surface area (Å²) >= 11 is 1.88. The Hall–Kier alpha value is -0.890. The highest BCUT2D eigenvalue weighted by molar-refractivity contribution is 7.19. The van der Waals surface area contributed by atoms with E-state index in [1.807, 2.05) is 11.3 Å². The highest BCUT2D eigenvalue weighted by Crippen LogP contribution is 2.34. The van der Waals surface area contributed by atoms with Crippen LogP contribution in [0.5, 0.6) is 0 Å². The zero-order chi connectivity index (χ0) is 11.2. The Labute approximate surface area is 95.2 Å². The van der Waals surface area contributed by atoms with Crippen LogP contribution in [0, 0.1) is 20.8 Å². The lowest BCUT2D eigenvalue weighted by molar-refractivity contribution is 0.873. The van der Waals surface area contributed by atoms with Crippen LogP contribution in [0.25, 0.3) is 10.2 Å². The molecule has 0 saturated heterocycles. The monoisotopic (exact) mass is 219 g/mol. The van der Waals surface area contributed by atoms with E-state index in [2.05, 4.69) is 45.7 Å². The molecule has 0 saturated carbocycles. The van der Waals surface area contributed by atoms with E-state index in [0.29, 0.717) is 5.92 Å². The van der Waals surface area contributed by atoms with Gasteiger partial charge in [0.15, 0.2) is 0 Å². The van der Waals surface area contributed by atoms with Gasteiger partial charge in [-0.15, -0.1) is 11.3 Å². The number of aromatic nitrogens is 1. The second kappa shape index (κ2) is 3.60. The second-order valence-electron chi connectivity index (χ2n) is 4.47. The third kappa shape index (κ3) is 1.67. The van der Waals surface area contributed by atoms with E-state index in [-0.39, 0.29) is 0 Å². The lowest BCUT2D eigenvalue weighted by Gasteiger charge is -2.07. The lowest BCUT2D eigenvalue weighted by Crippen LogP contribution is -1.92. The highest BCUT2D eigenvalue weighted by atomic mass is 32.1. The van der Waals surface area contributed by atoms with E-state index in [4.69, 9.17) is 0 Å². The molecule has 2 heteroatoms. The average Bonchev–Trinajstić information content (AvgIpc) is 2.43. The number of rotatable bonds is 1. The van der Waals surface area contributed by atoms with Crippen LogP contribution in [0.3, 0.4) is 0 Å². The van der Waals surface area contributed by atoms with Crippen LogP contribution in [0.1, 0.15) is 41.5 Å². The summed E-state index contributed by atoms with van der Waals surface area (Å²) in [6, 6.07) is 2.22. The number of thiophene rings is 1. The van der Waals surface area contributed by atoms with Gasteiger partial charge in [-0.05, 0) is 43.9 Å². The van der Waals surface area contributed by atoms with Gasteiger partial charge in [0.2, 0.25) is 0 Å². The van der Waals surface area contributed by atoms with Crippen molar-refractivity contribution in [1.82, 2.24) is 4.98 Å². The molecule has 2 aromatic heterocycles. The summed E-state index contributed by atoms with van der Waals surface area (Å²) in [6.07, 6.45) is 0. The van der Waals surface area contributed by atoms with Gasteiger partial charge in [-0.3, -0.25) is 4.98 Å². The summed E-state index contributed by atoms with van der Waals surface area (Å²) in [5.74, 6) is 0.576. The minimum absolute atomic E-state index is 0.576. The van der Waals surface area contributed by atoms with Crippen molar-refractivity contribution in [2.75, 3.05) is 0 Å². The van der Waals surface area contributed by atoms with Gasteiger partial charge in [0.05, 0.1) is 10.2 Å². The molecule has 80 valence electrons. The van der Waals surface area contributed by atoms with Crippen LogP contribution >= 0.6 is 11.3 Å². The van der Waals surface area contributed by atoms with Crippen LogP contribution in [-0.4, -0.2) is 4.98 Å². The Kier molecular flexibility index (Phi) is 2.55. The Bertz CT molecular complexity index is 509. The number of nitrogens with zero attached hydrogens (tertiary/aromatic N) is 1. The summed E-state index contributed by atoms with van der Waals surface area (Å²) < 4.78 is 1.38. The molecule has 15 heavy (non-hydrogen) atoms. The van der Waals surface area contributed by atoms with Gasteiger partial charge in [-0.25, -0.2) is 0 Å². The summed E-state index contributed by atoms with van der Waals surface area (Å²) in [5, 5.41) is 0. The standard InChI is InChI=1S/C13H17NS/c1-7(2)11-6-8(3)14-12-9(4)10(5)15-13(11)12/h6-7H,1-5H3. The SMILES string of the molecule is Cc1cc(C(C)C)c2sc(C)c(C)c2n1. The van der Waals surface area contributed by atoms with E-state index in [9.17, 15) is 0 Å². The second-order valence-corrected chi connectivity index (χ2v) is 5.69. The molecule has 2 rings (SSSR count). The fraction of sp³-hybridized carbons (Fsp3) is 0.462. The number of hydrogen-bond donors (Lipinski definition) is 0. The predicted molar refractivity (Wildman–Crippen MR) is 67.9 cm³/mol. The van der Waals surface area contributed by atoms with E-state index >= 15 is 0 Å². The molecular formula is C13H17NS. The molecule has 0 unspecified atom stereocenters. The minimum Gasteiger partial charge on any atom is -0.252 e. The Morgan fingerprint density at radius 2 is 1.87 bits per heavy atom. The summed E-state index contributed by atoms with van der Waals surface area (Å²) in [5.41, 5.74) is 5.13. The van der Waals surface area contributed by atoms with Gasteiger partial charge < -0.3 is 0 Å². The average molecular weight is 219 g/mol. The number of fused-ring (bicyclic) bond motifs is 1. The molecule has 0 N–H and O–H groups in total. The molecule has 0 fully saturated rings. The van der Waals surface area contributed by atoms with Crippen molar-refractivity contribution in [3.63, 3.8) is 0 Å². The summed E-state index contributed by atoms with van der Waals surface area (Å²) in [7, 11) is 0. The molecule has 2 heterocycles. The van der Waals surface area contributed by atoms with Gasteiger partial charge >= 0.3 is 0 Å². The maximum Gasteiger partial charge on any atom is 0.0847 e.